The molecule has 0 heterocycles. The van der Waals surface area contributed by atoms with E-state index in [2.05, 4.69) is 0 Å². The Morgan fingerprint density at radius 3 is 1.57 bits per heavy atom. The van der Waals surface area contributed by atoms with Crippen LogP contribution in [0.3, 0.4) is 0 Å². The van der Waals surface area contributed by atoms with Crippen molar-refractivity contribution >= 4 is 0 Å². The molecule has 37 heavy (non-hydrogen) atoms. The van der Waals surface area contributed by atoms with Crippen LogP contribution in [0.15, 0.2) is 84.9 Å². The number of ether oxygens (including phenoxy) is 3. The van der Waals surface area contributed by atoms with E-state index in [4.69, 9.17) is 29.8 Å². The maximum atomic E-state index is 13.4. The molecule has 0 saturated carbocycles. The Bertz CT molecular complexity index is 1400. The summed E-state index contributed by atoms with van der Waals surface area (Å²) < 4.78 is 53.5. The molecule has 0 atom stereocenters. The Kier molecular flexibility index (Phi) is 10.9. The number of hydrogen-bond acceptors (Lipinski definition) is 6. The van der Waals surface area contributed by atoms with Gasteiger partial charge in [0, 0.05) is 12.1 Å². The van der Waals surface area contributed by atoms with Crippen LogP contribution >= 0.6 is 0 Å². The van der Waals surface area contributed by atoms with Gasteiger partial charge in [0.1, 0.15) is 69.5 Å². The molecule has 4 aromatic rings. The SMILES string of the molecule is COc1cccc(O)c1.COc1cccc(Oc2cccc(F)c2C#N)c1.N#Cc1c(F)cccc1F. The van der Waals surface area contributed by atoms with Crippen LogP contribution in [0.4, 0.5) is 13.2 Å². The van der Waals surface area contributed by atoms with Crippen molar-refractivity contribution in [3.63, 3.8) is 0 Å². The Hall–Kier alpha value is -5.15. The van der Waals surface area contributed by atoms with Crippen molar-refractivity contribution in [1.82, 2.24) is 0 Å². The number of methoxy groups -OCH3 is 2. The highest BCUT2D eigenvalue weighted by Crippen LogP contribution is 2.28. The number of hydrogen-bond donors (Lipinski definition) is 1. The van der Waals surface area contributed by atoms with Crippen LogP contribution in [0, 0.1) is 40.1 Å². The van der Waals surface area contributed by atoms with E-state index < -0.39 is 23.0 Å². The average molecular weight is 506 g/mol. The number of phenolic OH excluding ortho intramolecular Hbond substituents is 1. The molecule has 0 spiro atoms. The quantitative estimate of drug-likeness (QED) is 0.330. The van der Waals surface area contributed by atoms with Gasteiger partial charge in [0.05, 0.1) is 14.2 Å². The molecule has 0 amide bonds. The Labute approximate surface area is 211 Å². The fourth-order valence-electron chi connectivity index (χ4n) is 2.70. The molecule has 0 radical (unpaired) electrons. The minimum atomic E-state index is -0.817. The van der Waals surface area contributed by atoms with Gasteiger partial charge >= 0.3 is 0 Å². The highest BCUT2D eigenvalue weighted by atomic mass is 19.1. The highest BCUT2D eigenvalue weighted by molar-refractivity contribution is 5.47. The summed E-state index contributed by atoms with van der Waals surface area (Å²) in [4.78, 5) is 0. The van der Waals surface area contributed by atoms with Gasteiger partial charge in [-0.2, -0.15) is 10.5 Å². The summed E-state index contributed by atoms with van der Waals surface area (Å²) in [6.45, 7) is 0. The van der Waals surface area contributed by atoms with Crippen molar-refractivity contribution in [2.24, 2.45) is 0 Å². The van der Waals surface area contributed by atoms with Crippen LogP contribution in [-0.4, -0.2) is 19.3 Å². The van der Waals surface area contributed by atoms with Gasteiger partial charge in [-0.15, -0.1) is 0 Å². The Morgan fingerprint density at radius 1 is 0.622 bits per heavy atom. The van der Waals surface area contributed by atoms with E-state index in [-0.39, 0.29) is 17.1 Å². The molecule has 0 fully saturated rings. The Balaban J connectivity index is 0.000000214. The van der Waals surface area contributed by atoms with Crippen LogP contribution < -0.4 is 14.2 Å². The topological polar surface area (TPSA) is 95.5 Å². The summed E-state index contributed by atoms with van der Waals surface area (Å²) in [5.41, 5.74) is -0.636. The summed E-state index contributed by atoms with van der Waals surface area (Å²) in [6.07, 6.45) is 0. The number of phenols is 1. The molecule has 0 aliphatic rings. The molecule has 0 bridgehead atoms. The molecule has 6 nitrogen and oxygen atoms in total. The average Bonchev–Trinajstić information content (AvgIpc) is 2.90. The number of benzene rings is 4. The fourth-order valence-corrected chi connectivity index (χ4v) is 2.70. The first kappa shape index (κ1) is 28.1. The first-order chi connectivity index (χ1) is 17.8. The van der Waals surface area contributed by atoms with Crippen LogP contribution in [0.5, 0.6) is 28.7 Å². The van der Waals surface area contributed by atoms with Gasteiger partial charge in [-0.25, -0.2) is 13.2 Å². The van der Waals surface area contributed by atoms with Crippen LogP contribution in [0.25, 0.3) is 0 Å². The summed E-state index contributed by atoms with van der Waals surface area (Å²) in [6, 6.07) is 24.3. The van der Waals surface area contributed by atoms with Gasteiger partial charge in [0.2, 0.25) is 0 Å². The van der Waals surface area contributed by atoms with Crippen LogP contribution in [0.2, 0.25) is 0 Å². The van der Waals surface area contributed by atoms with E-state index in [9.17, 15) is 13.2 Å². The van der Waals surface area contributed by atoms with Crippen molar-refractivity contribution in [3.8, 4) is 40.9 Å². The van der Waals surface area contributed by atoms with E-state index in [1.54, 1.807) is 74.9 Å². The molecule has 9 heteroatoms. The van der Waals surface area contributed by atoms with Crippen molar-refractivity contribution < 1.29 is 32.5 Å². The minimum Gasteiger partial charge on any atom is -0.508 e. The smallest absolute Gasteiger partial charge is 0.148 e. The maximum absolute atomic E-state index is 13.4. The van der Waals surface area contributed by atoms with E-state index in [0.29, 0.717) is 17.2 Å². The highest BCUT2D eigenvalue weighted by Gasteiger charge is 2.10. The summed E-state index contributed by atoms with van der Waals surface area (Å²) in [5, 5.41) is 25.9. The van der Waals surface area contributed by atoms with E-state index in [1.165, 1.54) is 24.3 Å². The largest absolute Gasteiger partial charge is 0.508 e. The van der Waals surface area contributed by atoms with Crippen molar-refractivity contribution in [1.29, 1.82) is 10.5 Å². The van der Waals surface area contributed by atoms with Gasteiger partial charge < -0.3 is 19.3 Å². The zero-order valence-corrected chi connectivity index (χ0v) is 19.8. The van der Waals surface area contributed by atoms with Crippen LogP contribution in [0.1, 0.15) is 11.1 Å². The summed E-state index contributed by atoms with van der Waals surface area (Å²) in [7, 11) is 3.11. The summed E-state index contributed by atoms with van der Waals surface area (Å²) >= 11 is 0. The monoisotopic (exact) mass is 506 g/mol. The minimum absolute atomic E-state index is 0.111. The third-order valence-electron chi connectivity index (χ3n) is 4.48. The van der Waals surface area contributed by atoms with Gasteiger partial charge in [-0.1, -0.05) is 24.3 Å². The van der Waals surface area contributed by atoms with Gasteiger partial charge in [0.15, 0.2) is 0 Å². The normalized spacial score (nSPS) is 9.27. The second-order valence-electron chi connectivity index (χ2n) is 6.92. The first-order valence-corrected chi connectivity index (χ1v) is 10.5. The zero-order valence-electron chi connectivity index (χ0n) is 19.8. The molecule has 0 unspecified atom stereocenters. The summed E-state index contributed by atoms with van der Waals surface area (Å²) in [5.74, 6) is -0.0307. The molecule has 1 N–H and O–H groups in total. The van der Waals surface area contributed by atoms with Gasteiger partial charge in [-0.05, 0) is 48.5 Å². The molecule has 0 aromatic heterocycles. The number of nitriles is 2. The second-order valence-corrected chi connectivity index (χ2v) is 6.92. The number of nitrogens with zero attached hydrogens (tertiary/aromatic N) is 2. The molecule has 0 aliphatic heterocycles. The lowest BCUT2D eigenvalue weighted by atomic mass is 10.2. The lowest BCUT2D eigenvalue weighted by molar-refractivity contribution is 0.407. The fraction of sp³-hybridized carbons (Fsp3) is 0.0714. The maximum Gasteiger partial charge on any atom is 0.148 e. The van der Waals surface area contributed by atoms with Gasteiger partial charge in [0.25, 0.3) is 0 Å². The predicted octanol–water partition coefficient (Wildman–Crippen LogP) is 6.74. The predicted molar refractivity (Wildman–Crippen MR) is 130 cm³/mol. The molecule has 0 saturated heterocycles. The third kappa shape index (κ3) is 8.53. The van der Waals surface area contributed by atoms with E-state index in [0.717, 1.165) is 12.1 Å². The lowest BCUT2D eigenvalue weighted by Gasteiger charge is -2.08. The standard InChI is InChI=1S/C14H10FNO2.C7H3F2N.C7H8O2/c1-17-10-4-2-5-11(8-10)18-14-7-3-6-13(15)12(14)9-16;8-6-2-1-3-7(9)5(6)4-10;1-9-7-4-2-3-6(8)5-7/h2-8H,1H3;1-3H;2-5,8H,1H3. The van der Waals surface area contributed by atoms with Crippen molar-refractivity contribution in [2.45, 2.75) is 0 Å². The lowest BCUT2D eigenvalue weighted by Crippen LogP contribution is -1.92. The zero-order chi connectivity index (χ0) is 27.2. The molecule has 4 aromatic carbocycles. The second kappa shape index (κ2) is 14.3. The van der Waals surface area contributed by atoms with Crippen molar-refractivity contribution in [2.75, 3.05) is 14.2 Å². The molecular weight excluding hydrogens is 485 g/mol. The molecule has 0 aliphatic carbocycles. The number of rotatable bonds is 4. The first-order valence-electron chi connectivity index (χ1n) is 10.5. The van der Waals surface area contributed by atoms with E-state index >= 15 is 0 Å². The number of halogens is 3. The Morgan fingerprint density at radius 2 is 1.08 bits per heavy atom. The van der Waals surface area contributed by atoms with E-state index in [1.807, 2.05) is 0 Å². The van der Waals surface area contributed by atoms with Crippen LogP contribution in [-0.2, 0) is 0 Å². The van der Waals surface area contributed by atoms with Gasteiger partial charge in [-0.3, -0.25) is 0 Å². The molecular formula is C28H21F3N2O4. The number of aromatic hydroxyl groups is 1. The third-order valence-corrected chi connectivity index (χ3v) is 4.48. The molecule has 188 valence electrons. The van der Waals surface area contributed by atoms with Crippen molar-refractivity contribution in [3.05, 3.63) is 114 Å². The molecule has 4 rings (SSSR count).